The largest absolute Gasteiger partial charge is 0.482 e. The first-order chi connectivity index (χ1) is 12.0. The summed E-state index contributed by atoms with van der Waals surface area (Å²) >= 11 is 11.9. The van der Waals surface area contributed by atoms with Crippen molar-refractivity contribution in [2.75, 3.05) is 13.2 Å². The summed E-state index contributed by atoms with van der Waals surface area (Å²) < 4.78 is 5.48. The van der Waals surface area contributed by atoms with Crippen LogP contribution < -0.4 is 10.5 Å². The van der Waals surface area contributed by atoms with E-state index in [1.807, 2.05) is 30.3 Å². The van der Waals surface area contributed by atoms with Crippen molar-refractivity contribution >= 4 is 35.0 Å². The number of halogens is 2. The van der Waals surface area contributed by atoms with Crippen LogP contribution in [0.1, 0.15) is 12.0 Å². The van der Waals surface area contributed by atoms with E-state index in [9.17, 15) is 9.59 Å². The maximum Gasteiger partial charge on any atom is 0.260 e. The lowest BCUT2D eigenvalue weighted by Crippen LogP contribution is -2.36. The van der Waals surface area contributed by atoms with E-state index in [0.717, 1.165) is 5.56 Å². The Bertz CT molecular complexity index is 738. The molecule has 0 aromatic heterocycles. The summed E-state index contributed by atoms with van der Waals surface area (Å²) in [5.74, 6) is -0.363. The summed E-state index contributed by atoms with van der Waals surface area (Å²) in [6.07, 6.45) is 0.0836. The quantitative estimate of drug-likeness (QED) is 0.763. The van der Waals surface area contributed by atoms with Crippen molar-refractivity contribution in [3.05, 3.63) is 64.1 Å². The molecule has 0 aliphatic heterocycles. The number of amides is 2. The van der Waals surface area contributed by atoms with Gasteiger partial charge in [0.2, 0.25) is 5.91 Å². The highest BCUT2D eigenvalue weighted by molar-refractivity contribution is 6.35. The summed E-state index contributed by atoms with van der Waals surface area (Å²) in [5.41, 5.74) is 6.14. The van der Waals surface area contributed by atoms with Gasteiger partial charge >= 0.3 is 0 Å². The van der Waals surface area contributed by atoms with Crippen molar-refractivity contribution in [1.29, 1.82) is 0 Å². The standard InChI is InChI=1S/C18H18Cl2N2O3/c19-14-6-7-16(15(20)10-14)25-12-18(24)22(9-8-17(21)23)11-13-4-2-1-3-5-13/h1-7,10H,8-9,11-12H2,(H2,21,23). The van der Waals surface area contributed by atoms with Crippen molar-refractivity contribution in [3.8, 4) is 5.75 Å². The van der Waals surface area contributed by atoms with Crippen LogP contribution in [0.5, 0.6) is 5.75 Å². The van der Waals surface area contributed by atoms with Crippen molar-refractivity contribution in [2.24, 2.45) is 5.73 Å². The van der Waals surface area contributed by atoms with Gasteiger partial charge in [-0.2, -0.15) is 0 Å². The lowest BCUT2D eigenvalue weighted by atomic mass is 10.2. The Morgan fingerprint density at radius 1 is 1.08 bits per heavy atom. The Hall–Kier alpha value is -2.24. The molecule has 0 heterocycles. The molecule has 0 aliphatic rings. The average molecular weight is 381 g/mol. The molecule has 0 saturated carbocycles. The predicted octanol–water partition coefficient (Wildman–Crippen LogP) is 3.28. The van der Waals surface area contributed by atoms with E-state index in [0.29, 0.717) is 22.3 Å². The molecule has 0 fully saturated rings. The van der Waals surface area contributed by atoms with Gasteiger partial charge in [0.25, 0.3) is 5.91 Å². The van der Waals surface area contributed by atoms with Crippen molar-refractivity contribution < 1.29 is 14.3 Å². The molecule has 0 spiro atoms. The highest BCUT2D eigenvalue weighted by atomic mass is 35.5. The van der Waals surface area contributed by atoms with E-state index in [4.69, 9.17) is 33.7 Å². The fourth-order valence-corrected chi connectivity index (χ4v) is 2.63. The second-order valence-corrected chi connectivity index (χ2v) is 6.22. The summed E-state index contributed by atoms with van der Waals surface area (Å²) in [7, 11) is 0. The predicted molar refractivity (Wildman–Crippen MR) is 97.6 cm³/mol. The van der Waals surface area contributed by atoms with Gasteiger partial charge in [-0.3, -0.25) is 9.59 Å². The number of rotatable bonds is 8. The van der Waals surface area contributed by atoms with Crippen molar-refractivity contribution in [2.45, 2.75) is 13.0 Å². The molecule has 0 bridgehead atoms. The molecule has 0 saturated heterocycles. The molecule has 25 heavy (non-hydrogen) atoms. The monoisotopic (exact) mass is 380 g/mol. The van der Waals surface area contributed by atoms with Crippen LogP contribution in [0.2, 0.25) is 10.0 Å². The van der Waals surface area contributed by atoms with E-state index in [1.165, 1.54) is 11.0 Å². The highest BCUT2D eigenvalue weighted by Gasteiger charge is 2.16. The Morgan fingerprint density at radius 3 is 2.44 bits per heavy atom. The highest BCUT2D eigenvalue weighted by Crippen LogP contribution is 2.27. The van der Waals surface area contributed by atoms with Crippen molar-refractivity contribution in [1.82, 2.24) is 4.90 Å². The van der Waals surface area contributed by atoms with Crippen LogP contribution in [0.4, 0.5) is 0 Å². The number of carbonyl (C=O) groups is 2. The van der Waals surface area contributed by atoms with Gasteiger partial charge in [-0.1, -0.05) is 53.5 Å². The molecule has 2 aromatic carbocycles. The van der Waals surface area contributed by atoms with Gasteiger partial charge in [0, 0.05) is 24.5 Å². The summed E-state index contributed by atoms with van der Waals surface area (Å²) in [6.45, 7) is 0.387. The maximum atomic E-state index is 12.5. The molecule has 0 unspecified atom stereocenters. The second-order valence-electron chi connectivity index (χ2n) is 5.38. The first kappa shape index (κ1) is 19.1. The first-order valence-corrected chi connectivity index (χ1v) is 8.39. The van der Waals surface area contributed by atoms with Crippen LogP contribution in [-0.2, 0) is 16.1 Å². The maximum absolute atomic E-state index is 12.5. The molecule has 5 nitrogen and oxygen atoms in total. The molecule has 7 heteroatoms. The molecule has 2 N–H and O–H groups in total. The lowest BCUT2D eigenvalue weighted by Gasteiger charge is -2.22. The van der Waals surface area contributed by atoms with Gasteiger partial charge < -0.3 is 15.4 Å². The van der Waals surface area contributed by atoms with Gasteiger partial charge in [0.1, 0.15) is 5.75 Å². The molecule has 0 aliphatic carbocycles. The van der Waals surface area contributed by atoms with E-state index >= 15 is 0 Å². The minimum Gasteiger partial charge on any atom is -0.482 e. The summed E-state index contributed by atoms with van der Waals surface area (Å²) in [4.78, 5) is 25.1. The minimum atomic E-state index is -0.465. The number of hydrogen-bond acceptors (Lipinski definition) is 3. The van der Waals surface area contributed by atoms with E-state index in [1.54, 1.807) is 12.1 Å². The van der Waals surface area contributed by atoms with Gasteiger partial charge in [-0.05, 0) is 23.8 Å². The van der Waals surface area contributed by atoms with Crippen LogP contribution in [0.3, 0.4) is 0 Å². The van der Waals surface area contributed by atoms with Crippen LogP contribution in [-0.4, -0.2) is 29.9 Å². The molecule has 2 aromatic rings. The molecule has 0 atom stereocenters. The molecule has 2 rings (SSSR count). The molecular formula is C18H18Cl2N2O3. The zero-order chi connectivity index (χ0) is 18.2. The fourth-order valence-electron chi connectivity index (χ4n) is 2.16. The fraction of sp³-hybridized carbons (Fsp3) is 0.222. The number of nitrogens with two attached hydrogens (primary N) is 1. The Balaban J connectivity index is 2.02. The zero-order valence-corrected chi connectivity index (χ0v) is 15.0. The smallest absolute Gasteiger partial charge is 0.260 e. The third-order valence-electron chi connectivity index (χ3n) is 3.44. The van der Waals surface area contributed by atoms with Gasteiger partial charge in [-0.25, -0.2) is 0 Å². The number of benzene rings is 2. The number of ether oxygens (including phenoxy) is 1. The summed E-state index contributed by atoms with van der Waals surface area (Å²) in [6, 6.07) is 14.2. The molecular weight excluding hydrogens is 363 g/mol. The van der Waals surface area contributed by atoms with Crippen LogP contribution in [0.25, 0.3) is 0 Å². The minimum absolute atomic E-state index is 0.0836. The van der Waals surface area contributed by atoms with E-state index < -0.39 is 5.91 Å². The third kappa shape index (κ3) is 6.29. The van der Waals surface area contributed by atoms with E-state index in [2.05, 4.69) is 0 Å². The SMILES string of the molecule is NC(=O)CCN(Cc1ccccc1)C(=O)COc1ccc(Cl)cc1Cl. The van der Waals surface area contributed by atoms with Gasteiger partial charge in [0.05, 0.1) is 5.02 Å². The normalized spacial score (nSPS) is 10.3. The Labute approximate surface area is 156 Å². The average Bonchev–Trinajstić information content (AvgIpc) is 2.58. The molecule has 2 amide bonds. The lowest BCUT2D eigenvalue weighted by molar-refractivity contribution is -0.134. The number of nitrogens with zero attached hydrogens (tertiary/aromatic N) is 1. The summed E-state index contributed by atoms with van der Waals surface area (Å²) in [5, 5.41) is 0.808. The third-order valence-corrected chi connectivity index (χ3v) is 3.97. The topological polar surface area (TPSA) is 72.6 Å². The number of hydrogen-bond donors (Lipinski definition) is 1. The van der Waals surface area contributed by atoms with Gasteiger partial charge in [-0.15, -0.1) is 0 Å². The molecule has 132 valence electrons. The first-order valence-electron chi connectivity index (χ1n) is 7.63. The van der Waals surface area contributed by atoms with Crippen LogP contribution in [0, 0.1) is 0 Å². The Morgan fingerprint density at radius 2 is 1.80 bits per heavy atom. The molecule has 0 radical (unpaired) electrons. The van der Waals surface area contributed by atoms with E-state index in [-0.39, 0.29) is 25.5 Å². The van der Waals surface area contributed by atoms with Crippen LogP contribution >= 0.6 is 23.2 Å². The zero-order valence-electron chi connectivity index (χ0n) is 13.5. The number of carbonyl (C=O) groups excluding carboxylic acids is 2. The van der Waals surface area contributed by atoms with Gasteiger partial charge in [0.15, 0.2) is 6.61 Å². The Kier molecular flexibility index (Phi) is 7.10. The van der Waals surface area contributed by atoms with Crippen molar-refractivity contribution in [3.63, 3.8) is 0 Å². The number of primary amides is 1. The second kappa shape index (κ2) is 9.30. The van der Waals surface area contributed by atoms with Crippen LogP contribution in [0.15, 0.2) is 48.5 Å².